The molecule has 0 spiro atoms. The average Bonchev–Trinajstić information content (AvgIpc) is 3.25. The fraction of sp³-hybridized carbons (Fsp3) is 0.318. The van der Waals surface area contributed by atoms with E-state index in [1.165, 1.54) is 17.3 Å². The molecule has 1 amide bonds. The molecule has 0 aliphatic rings. The Bertz CT molecular complexity index is 1200. The molecule has 0 radical (unpaired) electrons. The van der Waals surface area contributed by atoms with E-state index in [2.05, 4.69) is 34.6 Å². The zero-order chi connectivity index (χ0) is 20.7. The molecule has 0 fully saturated rings. The summed E-state index contributed by atoms with van der Waals surface area (Å²) in [5, 5.41) is 12.2. The molecule has 4 rings (SSSR count). The minimum Gasteiger partial charge on any atom is -0.463 e. The molecule has 7 heteroatoms. The smallest absolute Gasteiger partial charge is 0.237 e. The van der Waals surface area contributed by atoms with Crippen LogP contribution in [-0.4, -0.2) is 25.8 Å². The summed E-state index contributed by atoms with van der Waals surface area (Å²) in [4.78, 5) is 13.1. The van der Waals surface area contributed by atoms with E-state index < -0.39 is 0 Å². The Labute approximate surface area is 173 Å². The van der Waals surface area contributed by atoms with Crippen LogP contribution in [0.15, 0.2) is 40.0 Å². The summed E-state index contributed by atoms with van der Waals surface area (Å²) in [6.07, 6.45) is 2.34. The van der Waals surface area contributed by atoms with Crippen molar-refractivity contribution in [2.24, 2.45) is 0 Å². The van der Waals surface area contributed by atoms with Gasteiger partial charge in [-0.25, -0.2) is 0 Å². The quantitative estimate of drug-likeness (QED) is 0.459. The van der Waals surface area contributed by atoms with Crippen LogP contribution in [0.5, 0.6) is 0 Å². The Morgan fingerprint density at radius 2 is 1.86 bits per heavy atom. The molecule has 0 unspecified atom stereocenters. The van der Waals surface area contributed by atoms with Gasteiger partial charge in [0.1, 0.15) is 10.9 Å². The number of rotatable bonds is 5. The van der Waals surface area contributed by atoms with Crippen molar-refractivity contribution in [2.45, 2.75) is 51.3 Å². The van der Waals surface area contributed by atoms with Crippen molar-refractivity contribution >= 4 is 40.0 Å². The lowest BCUT2D eigenvalue weighted by atomic mass is 10.0. The number of carbonyl (C=O) groups excluding carboxylic acids is 1. The lowest BCUT2D eigenvalue weighted by Crippen LogP contribution is -2.25. The van der Waals surface area contributed by atoms with Crippen molar-refractivity contribution in [3.8, 4) is 0 Å². The fourth-order valence-electron chi connectivity index (χ4n) is 3.77. The van der Waals surface area contributed by atoms with E-state index in [1.54, 1.807) is 6.26 Å². The van der Waals surface area contributed by atoms with Gasteiger partial charge in [-0.15, -0.1) is 10.2 Å². The SMILES string of the molecule is CC[C@H](Sc1nnc(C)n2c1cc1occc12)C(=O)Nc1c(C)cc(C)cc1C. The van der Waals surface area contributed by atoms with Crippen LogP contribution in [-0.2, 0) is 4.79 Å². The van der Waals surface area contributed by atoms with E-state index in [-0.39, 0.29) is 11.2 Å². The third-order valence-corrected chi connectivity index (χ3v) is 6.44. The number of nitrogens with zero attached hydrogens (tertiary/aromatic N) is 3. The van der Waals surface area contributed by atoms with Crippen LogP contribution in [0.1, 0.15) is 35.9 Å². The zero-order valence-electron chi connectivity index (χ0n) is 17.2. The van der Waals surface area contributed by atoms with E-state index in [0.29, 0.717) is 6.42 Å². The third-order valence-electron chi connectivity index (χ3n) is 5.09. The second-order valence-electron chi connectivity index (χ2n) is 7.37. The predicted molar refractivity (Wildman–Crippen MR) is 117 cm³/mol. The standard InChI is InChI=1S/C22H24N4O2S/c1-6-19(21(27)23-20-13(3)9-12(2)10-14(20)4)29-22-17-11-18-16(7-8-28-18)26(17)15(5)24-25-22/h7-11,19H,6H2,1-5H3,(H,23,27)/t19-/m0/s1. The summed E-state index contributed by atoms with van der Waals surface area (Å²) in [6.45, 7) is 10.0. The largest absolute Gasteiger partial charge is 0.463 e. The van der Waals surface area contributed by atoms with Crippen molar-refractivity contribution in [2.75, 3.05) is 5.32 Å². The predicted octanol–water partition coefficient (Wildman–Crippen LogP) is 5.22. The maximum absolute atomic E-state index is 13.1. The highest BCUT2D eigenvalue weighted by atomic mass is 32.2. The summed E-state index contributed by atoms with van der Waals surface area (Å²) in [5.41, 5.74) is 6.87. The van der Waals surface area contributed by atoms with Gasteiger partial charge in [-0.1, -0.05) is 36.4 Å². The molecule has 3 aromatic heterocycles. The number of benzene rings is 1. The van der Waals surface area contributed by atoms with E-state index in [9.17, 15) is 4.79 Å². The Morgan fingerprint density at radius 1 is 1.14 bits per heavy atom. The summed E-state index contributed by atoms with van der Waals surface area (Å²) in [5.74, 6) is 0.757. The zero-order valence-corrected chi connectivity index (χ0v) is 18.1. The molecule has 4 aromatic rings. The van der Waals surface area contributed by atoms with Crippen LogP contribution in [0.2, 0.25) is 0 Å². The molecule has 0 aliphatic heterocycles. The summed E-state index contributed by atoms with van der Waals surface area (Å²) in [6, 6.07) is 8.04. The van der Waals surface area contributed by atoms with Crippen molar-refractivity contribution in [1.82, 2.24) is 14.6 Å². The molecule has 0 saturated heterocycles. The number of nitrogens with one attached hydrogen (secondary N) is 1. The van der Waals surface area contributed by atoms with E-state index >= 15 is 0 Å². The summed E-state index contributed by atoms with van der Waals surface area (Å²) >= 11 is 1.44. The highest BCUT2D eigenvalue weighted by molar-refractivity contribution is 8.00. The minimum absolute atomic E-state index is 0.0247. The van der Waals surface area contributed by atoms with Crippen molar-refractivity contribution < 1.29 is 9.21 Å². The van der Waals surface area contributed by atoms with Crippen LogP contribution in [0.4, 0.5) is 5.69 Å². The van der Waals surface area contributed by atoms with Crippen LogP contribution in [0.3, 0.4) is 0 Å². The number of aromatic nitrogens is 3. The Hall–Kier alpha value is -2.80. The van der Waals surface area contributed by atoms with Crippen molar-refractivity contribution in [3.63, 3.8) is 0 Å². The number of carbonyl (C=O) groups is 1. The molecule has 6 nitrogen and oxygen atoms in total. The number of hydrogen-bond acceptors (Lipinski definition) is 5. The van der Waals surface area contributed by atoms with Gasteiger partial charge in [-0.2, -0.15) is 0 Å². The van der Waals surface area contributed by atoms with Crippen molar-refractivity contribution in [1.29, 1.82) is 0 Å². The number of hydrogen-bond donors (Lipinski definition) is 1. The number of furan rings is 1. The van der Waals surface area contributed by atoms with Gasteiger partial charge < -0.3 is 9.73 Å². The van der Waals surface area contributed by atoms with Gasteiger partial charge in [-0.05, 0) is 45.2 Å². The number of anilines is 1. The molecule has 0 bridgehead atoms. The van der Waals surface area contributed by atoms with Crippen LogP contribution in [0.25, 0.3) is 16.6 Å². The molecule has 0 saturated carbocycles. The number of fused-ring (bicyclic) bond motifs is 3. The van der Waals surface area contributed by atoms with Crippen LogP contribution < -0.4 is 5.32 Å². The Kier molecular flexibility index (Phi) is 5.08. The fourth-order valence-corrected chi connectivity index (χ4v) is 4.73. The van der Waals surface area contributed by atoms with Crippen molar-refractivity contribution in [3.05, 3.63) is 53.0 Å². The van der Waals surface area contributed by atoms with E-state index in [0.717, 1.165) is 44.3 Å². The van der Waals surface area contributed by atoms with Gasteiger partial charge in [-0.3, -0.25) is 9.20 Å². The highest BCUT2D eigenvalue weighted by Gasteiger charge is 2.23. The Morgan fingerprint density at radius 3 is 2.55 bits per heavy atom. The molecule has 0 aliphatic carbocycles. The van der Waals surface area contributed by atoms with Gasteiger partial charge in [0.25, 0.3) is 0 Å². The molecule has 29 heavy (non-hydrogen) atoms. The normalized spacial score (nSPS) is 12.6. The maximum Gasteiger partial charge on any atom is 0.237 e. The molecule has 150 valence electrons. The van der Waals surface area contributed by atoms with Crippen LogP contribution >= 0.6 is 11.8 Å². The van der Waals surface area contributed by atoms with Gasteiger partial charge >= 0.3 is 0 Å². The first-order valence-corrected chi connectivity index (χ1v) is 10.5. The van der Waals surface area contributed by atoms with Gasteiger partial charge in [0, 0.05) is 17.8 Å². The first-order valence-electron chi connectivity index (χ1n) is 9.66. The highest BCUT2D eigenvalue weighted by Crippen LogP contribution is 2.32. The third kappa shape index (κ3) is 3.51. The lowest BCUT2D eigenvalue weighted by molar-refractivity contribution is -0.115. The summed E-state index contributed by atoms with van der Waals surface area (Å²) in [7, 11) is 0. The van der Waals surface area contributed by atoms with Gasteiger partial charge in [0.05, 0.1) is 22.5 Å². The molecule has 1 N–H and O–H groups in total. The summed E-state index contributed by atoms with van der Waals surface area (Å²) < 4.78 is 7.56. The number of thioether (sulfide) groups is 1. The molecular formula is C22H24N4O2S. The maximum atomic E-state index is 13.1. The average molecular weight is 409 g/mol. The Balaban J connectivity index is 1.64. The monoisotopic (exact) mass is 408 g/mol. The lowest BCUT2D eigenvalue weighted by Gasteiger charge is -2.18. The van der Waals surface area contributed by atoms with E-state index in [1.807, 2.05) is 44.2 Å². The van der Waals surface area contributed by atoms with E-state index in [4.69, 9.17) is 4.42 Å². The first-order chi connectivity index (χ1) is 13.9. The molecule has 1 aromatic carbocycles. The number of amides is 1. The topological polar surface area (TPSA) is 72.4 Å². The van der Waals surface area contributed by atoms with Gasteiger partial charge in [0.15, 0.2) is 5.58 Å². The first kappa shape index (κ1) is 19.5. The van der Waals surface area contributed by atoms with Gasteiger partial charge in [0.2, 0.25) is 5.91 Å². The van der Waals surface area contributed by atoms with Crippen LogP contribution in [0, 0.1) is 27.7 Å². The molecule has 3 heterocycles. The number of aryl methyl sites for hydroxylation is 4. The minimum atomic E-state index is -0.280. The second kappa shape index (κ2) is 7.55. The molecular weight excluding hydrogens is 384 g/mol. The second-order valence-corrected chi connectivity index (χ2v) is 8.56. The molecule has 1 atom stereocenters.